The molecule has 0 saturated carbocycles. The maximum Gasteiger partial charge on any atom is 0.277 e. The smallest absolute Gasteiger partial charge is 0.277 e. The number of rotatable bonds is 10. The van der Waals surface area contributed by atoms with Gasteiger partial charge in [0.2, 0.25) is 0 Å². The largest absolute Gasteiger partial charge is 0.484 e. The molecule has 3 aromatic rings. The van der Waals surface area contributed by atoms with Gasteiger partial charge >= 0.3 is 0 Å². The number of fused-ring (bicyclic) bond motifs is 1. The Bertz CT molecular complexity index is 1440. The Labute approximate surface area is 241 Å². The topological polar surface area (TPSA) is 146 Å². The van der Waals surface area contributed by atoms with Gasteiger partial charge in [0.05, 0.1) is 24.5 Å². The summed E-state index contributed by atoms with van der Waals surface area (Å²) in [6, 6.07) is 5.78. The number of aryl methyl sites for hydroxylation is 2. The van der Waals surface area contributed by atoms with Crippen LogP contribution in [0.3, 0.4) is 0 Å². The molecule has 0 aliphatic carbocycles. The molecule has 0 bridgehead atoms. The molecule has 5 rings (SSSR count). The van der Waals surface area contributed by atoms with E-state index in [2.05, 4.69) is 31.3 Å². The predicted octanol–water partition coefficient (Wildman–Crippen LogP) is 0.962. The highest BCUT2D eigenvalue weighted by Gasteiger charge is 2.30. The number of ether oxygens (including phenoxy) is 2. The van der Waals surface area contributed by atoms with E-state index in [-0.39, 0.29) is 42.6 Å². The minimum absolute atomic E-state index is 0.0592. The molecule has 2 amide bonds. The minimum atomic E-state index is -0.847. The summed E-state index contributed by atoms with van der Waals surface area (Å²) in [4.78, 5) is 36.0. The number of benzene rings is 1. The zero-order valence-corrected chi connectivity index (χ0v) is 24.5. The van der Waals surface area contributed by atoms with Crippen molar-refractivity contribution in [2.24, 2.45) is 0 Å². The van der Waals surface area contributed by atoms with Crippen molar-refractivity contribution in [3.8, 4) is 5.75 Å². The first kappa shape index (κ1) is 28.9. The van der Waals surface area contributed by atoms with Crippen LogP contribution in [0.25, 0.3) is 11.0 Å². The highest BCUT2D eigenvalue weighted by molar-refractivity contribution is 7.85. The Hall–Kier alpha value is -3.58. The first-order valence-corrected chi connectivity index (χ1v) is 15.7. The van der Waals surface area contributed by atoms with Crippen LogP contribution in [-0.4, -0.2) is 79.4 Å². The average Bonchev–Trinajstić information content (AvgIpc) is 3.61. The molecule has 220 valence electrons. The lowest BCUT2D eigenvalue weighted by molar-refractivity contribution is -0.676. The van der Waals surface area contributed by atoms with Crippen molar-refractivity contribution in [3.05, 3.63) is 41.6 Å². The van der Waals surface area contributed by atoms with Gasteiger partial charge in [0, 0.05) is 48.1 Å². The zero-order chi connectivity index (χ0) is 28.9. The Kier molecular flexibility index (Phi) is 9.13. The molecule has 12 nitrogen and oxygen atoms in total. The third kappa shape index (κ3) is 6.51. The van der Waals surface area contributed by atoms with Gasteiger partial charge in [-0.05, 0) is 38.3 Å². The van der Waals surface area contributed by atoms with E-state index in [0.29, 0.717) is 55.5 Å². The summed E-state index contributed by atoms with van der Waals surface area (Å²) in [5, 5.41) is 3.00. The molecule has 2 aliphatic rings. The second-order valence-corrected chi connectivity index (χ2v) is 11.9. The fourth-order valence-corrected chi connectivity index (χ4v) is 6.39. The molecular weight excluding hydrogens is 546 g/mol. The molecule has 2 saturated heterocycles. The van der Waals surface area contributed by atoms with Crippen molar-refractivity contribution in [2.45, 2.75) is 58.8 Å². The van der Waals surface area contributed by atoms with Gasteiger partial charge in [-0.1, -0.05) is 6.92 Å². The molecule has 0 radical (unpaired) electrons. The number of nitrogens with two attached hydrogens (primary N) is 1. The summed E-state index contributed by atoms with van der Waals surface area (Å²) >= 11 is 0. The van der Waals surface area contributed by atoms with E-state index in [9.17, 15) is 13.8 Å². The van der Waals surface area contributed by atoms with Gasteiger partial charge in [-0.15, -0.1) is 0 Å². The van der Waals surface area contributed by atoms with Crippen LogP contribution in [-0.2, 0) is 46.4 Å². The number of carbonyl (C=O) groups excluding carboxylic acids is 2. The number of aromatic nitrogens is 4. The molecule has 4 heterocycles. The van der Waals surface area contributed by atoms with Crippen LogP contribution in [0, 0.1) is 0 Å². The molecule has 2 aromatic heterocycles. The number of amides is 2. The van der Waals surface area contributed by atoms with Crippen molar-refractivity contribution < 1.29 is 27.8 Å². The number of nitrogen functional groups attached to an aromatic ring is 1. The van der Waals surface area contributed by atoms with Crippen LogP contribution in [0.4, 0.5) is 5.82 Å². The van der Waals surface area contributed by atoms with Gasteiger partial charge < -0.3 is 25.4 Å². The summed E-state index contributed by atoms with van der Waals surface area (Å²) in [6.07, 6.45) is 4.25. The van der Waals surface area contributed by atoms with Gasteiger partial charge in [-0.3, -0.25) is 13.8 Å². The predicted molar refractivity (Wildman–Crippen MR) is 154 cm³/mol. The number of nitrogens with one attached hydrogen (secondary N) is 1. The Morgan fingerprint density at radius 1 is 1.27 bits per heavy atom. The van der Waals surface area contributed by atoms with Crippen molar-refractivity contribution >= 4 is 39.5 Å². The lowest BCUT2D eigenvalue weighted by Gasteiger charge is -2.26. The molecule has 0 spiro atoms. The molecular formula is C28H38N7O5S+. The molecule has 13 heteroatoms. The van der Waals surface area contributed by atoms with Gasteiger partial charge in [0.15, 0.2) is 29.2 Å². The standard InChI is InChI=1S/C28H37N7O5S/c1-3-19-15-30-27(29)26(32-19)28(37)31-16-24-34(4-2)22-8-7-20(14-23(22)35(24)17-21-6-5-11-39-21)40-18-25(36)33-9-12-41(38)13-10-33/h7-8,14-15,21H,3-6,9-13,16-18H2,1-2H3,(H2-,29,30,31,37)/p+1. The minimum Gasteiger partial charge on any atom is -0.484 e. The summed E-state index contributed by atoms with van der Waals surface area (Å²) in [7, 11) is -0.847. The molecule has 1 atom stereocenters. The number of anilines is 1. The highest BCUT2D eigenvalue weighted by Crippen LogP contribution is 2.24. The number of carbonyl (C=O) groups is 2. The molecule has 41 heavy (non-hydrogen) atoms. The fraction of sp³-hybridized carbons (Fsp3) is 0.536. The van der Waals surface area contributed by atoms with E-state index >= 15 is 0 Å². The first-order valence-electron chi connectivity index (χ1n) is 14.2. The number of imidazole rings is 1. The van der Waals surface area contributed by atoms with Crippen molar-refractivity contribution in [2.75, 3.05) is 43.5 Å². The van der Waals surface area contributed by atoms with E-state index in [1.165, 1.54) is 0 Å². The molecule has 1 unspecified atom stereocenters. The third-order valence-electron chi connectivity index (χ3n) is 7.61. The van der Waals surface area contributed by atoms with E-state index in [1.807, 2.05) is 25.1 Å². The summed E-state index contributed by atoms with van der Waals surface area (Å²) in [5.41, 5.74) is 8.70. The zero-order valence-electron chi connectivity index (χ0n) is 23.6. The Morgan fingerprint density at radius 3 is 2.78 bits per heavy atom. The van der Waals surface area contributed by atoms with Crippen LogP contribution in [0.15, 0.2) is 24.4 Å². The second kappa shape index (κ2) is 12.9. The van der Waals surface area contributed by atoms with Crippen LogP contribution >= 0.6 is 0 Å². The van der Waals surface area contributed by atoms with Gasteiger partial charge in [-0.2, -0.15) is 0 Å². The van der Waals surface area contributed by atoms with Gasteiger partial charge in [0.1, 0.15) is 18.8 Å². The maximum absolute atomic E-state index is 13.1. The quantitative estimate of drug-likeness (QED) is 0.335. The molecule has 2 aliphatic heterocycles. The van der Waals surface area contributed by atoms with Crippen LogP contribution < -0.4 is 20.4 Å². The van der Waals surface area contributed by atoms with Gasteiger partial charge in [-0.25, -0.2) is 19.1 Å². The van der Waals surface area contributed by atoms with E-state index in [0.717, 1.165) is 36.3 Å². The van der Waals surface area contributed by atoms with Crippen molar-refractivity contribution in [3.63, 3.8) is 0 Å². The lowest BCUT2D eigenvalue weighted by Crippen LogP contribution is -2.43. The van der Waals surface area contributed by atoms with Gasteiger partial charge in [0.25, 0.3) is 17.6 Å². The maximum atomic E-state index is 13.1. The lowest BCUT2D eigenvalue weighted by atomic mass is 10.2. The van der Waals surface area contributed by atoms with E-state index < -0.39 is 10.8 Å². The normalized spacial score (nSPS) is 17.7. The number of hydrogen-bond donors (Lipinski definition) is 2. The number of nitrogens with zero attached hydrogens (tertiary/aromatic N) is 5. The Morgan fingerprint density at radius 2 is 2.07 bits per heavy atom. The summed E-state index contributed by atoms with van der Waals surface area (Å²) < 4.78 is 27.9. The Balaban J connectivity index is 1.40. The van der Waals surface area contributed by atoms with Crippen LogP contribution in [0.2, 0.25) is 0 Å². The van der Waals surface area contributed by atoms with Crippen LogP contribution in [0.1, 0.15) is 48.7 Å². The second-order valence-electron chi connectivity index (χ2n) is 10.2. The van der Waals surface area contributed by atoms with Crippen LogP contribution in [0.5, 0.6) is 5.75 Å². The van der Waals surface area contributed by atoms with E-state index in [1.54, 1.807) is 11.1 Å². The first-order chi connectivity index (χ1) is 19.9. The number of hydrogen-bond acceptors (Lipinski definition) is 8. The molecule has 3 N–H and O–H groups in total. The monoisotopic (exact) mass is 584 g/mol. The van der Waals surface area contributed by atoms with E-state index in [4.69, 9.17) is 15.2 Å². The molecule has 2 fully saturated rings. The summed E-state index contributed by atoms with van der Waals surface area (Å²) in [5.74, 6) is 2.10. The fourth-order valence-electron chi connectivity index (χ4n) is 5.34. The average molecular weight is 585 g/mol. The van der Waals surface area contributed by atoms with Crippen molar-refractivity contribution in [1.29, 1.82) is 0 Å². The highest BCUT2D eigenvalue weighted by atomic mass is 32.2. The SMILES string of the molecule is CCc1cnc(N)c(C(=O)NCc2n(CC3CCCO3)c3cc(OCC(=O)N4CCS(=O)CC4)ccc3[n+]2CC)n1. The third-order valence-corrected chi connectivity index (χ3v) is 8.88. The van der Waals surface area contributed by atoms with Crippen molar-refractivity contribution in [1.82, 2.24) is 24.8 Å². The summed E-state index contributed by atoms with van der Waals surface area (Å²) in [6.45, 7) is 7.18. The molecule has 1 aromatic carbocycles.